The molecule has 0 heterocycles. The first kappa shape index (κ1) is 18.1. The number of hydrogen-bond donors (Lipinski definition) is 2. The van der Waals surface area contributed by atoms with Gasteiger partial charge in [0, 0.05) is 17.3 Å². The number of rotatable bonds is 8. The van der Waals surface area contributed by atoms with Gasteiger partial charge in [-0.15, -0.1) is 0 Å². The molecule has 114 valence electrons. The Morgan fingerprint density at radius 2 is 2.05 bits per heavy atom. The van der Waals surface area contributed by atoms with Crippen LogP contribution in [0, 0.1) is 0 Å². The summed E-state index contributed by atoms with van der Waals surface area (Å²) in [5, 5.41) is 0.297. The monoisotopic (exact) mass is 400 g/mol. The summed E-state index contributed by atoms with van der Waals surface area (Å²) in [5.74, 6) is 1.10. The van der Waals surface area contributed by atoms with E-state index in [4.69, 9.17) is 17.3 Å². The second-order valence-electron chi connectivity index (χ2n) is 4.26. The lowest BCUT2D eigenvalue weighted by molar-refractivity contribution is 0.576. The maximum Gasteiger partial charge on any atom is 0.241 e. The number of anilines is 1. The molecule has 20 heavy (non-hydrogen) atoms. The quantitative estimate of drug-likeness (QED) is 0.516. The summed E-state index contributed by atoms with van der Waals surface area (Å²) in [7, 11) is -3.60. The van der Waals surface area contributed by atoms with Gasteiger partial charge in [-0.05, 0) is 52.9 Å². The van der Waals surface area contributed by atoms with Crippen molar-refractivity contribution in [2.75, 3.05) is 24.3 Å². The van der Waals surface area contributed by atoms with Crippen LogP contribution in [0.1, 0.15) is 19.3 Å². The molecule has 0 saturated heterocycles. The van der Waals surface area contributed by atoms with Gasteiger partial charge in [0.1, 0.15) is 0 Å². The molecular formula is C12H18BrClN2O2S2. The maximum atomic E-state index is 12.2. The molecule has 0 aliphatic carbocycles. The van der Waals surface area contributed by atoms with E-state index in [1.165, 1.54) is 12.1 Å². The number of nitrogens with two attached hydrogens (primary N) is 1. The second-order valence-corrected chi connectivity index (χ2v) is 8.21. The summed E-state index contributed by atoms with van der Waals surface area (Å²) in [6.07, 6.45) is 4.97. The van der Waals surface area contributed by atoms with Crippen molar-refractivity contribution in [3.8, 4) is 0 Å². The Kier molecular flexibility index (Phi) is 7.68. The van der Waals surface area contributed by atoms with Crippen molar-refractivity contribution in [1.82, 2.24) is 4.72 Å². The maximum absolute atomic E-state index is 12.2. The smallest absolute Gasteiger partial charge is 0.241 e. The molecule has 8 heteroatoms. The number of hydrogen-bond acceptors (Lipinski definition) is 4. The van der Waals surface area contributed by atoms with Gasteiger partial charge in [-0.3, -0.25) is 0 Å². The predicted molar refractivity (Wildman–Crippen MR) is 91.0 cm³/mol. The Labute approximate surface area is 138 Å². The average Bonchev–Trinajstić information content (AvgIpc) is 2.37. The van der Waals surface area contributed by atoms with E-state index in [0.29, 0.717) is 21.7 Å². The van der Waals surface area contributed by atoms with Gasteiger partial charge in [-0.25, -0.2) is 13.1 Å². The summed E-state index contributed by atoms with van der Waals surface area (Å²) in [6.45, 7) is 0.412. The fourth-order valence-electron chi connectivity index (χ4n) is 1.61. The summed E-state index contributed by atoms with van der Waals surface area (Å²) in [6, 6.07) is 2.89. The standard InChI is InChI=1S/C12H18BrClN2O2S2/c1-19-6-4-2-3-5-16-20(17,18)11-8-9(14)7-10(15)12(11)13/h7-8,16H,2-6,15H2,1H3. The Morgan fingerprint density at radius 3 is 2.70 bits per heavy atom. The predicted octanol–water partition coefficient (Wildman–Crippen LogP) is 3.50. The molecule has 0 amide bonds. The van der Waals surface area contributed by atoms with Crippen molar-refractivity contribution >= 4 is 55.0 Å². The van der Waals surface area contributed by atoms with Crippen LogP contribution in [0.3, 0.4) is 0 Å². The van der Waals surface area contributed by atoms with E-state index in [0.717, 1.165) is 25.0 Å². The second kappa shape index (κ2) is 8.48. The molecule has 1 aromatic carbocycles. The molecule has 1 aromatic rings. The minimum Gasteiger partial charge on any atom is -0.398 e. The zero-order chi connectivity index (χ0) is 15.2. The van der Waals surface area contributed by atoms with E-state index in [2.05, 4.69) is 26.9 Å². The highest BCUT2D eigenvalue weighted by atomic mass is 79.9. The Bertz CT molecular complexity index is 553. The fraction of sp³-hybridized carbons (Fsp3) is 0.500. The van der Waals surface area contributed by atoms with Gasteiger partial charge in [-0.1, -0.05) is 18.0 Å². The highest BCUT2D eigenvalue weighted by Gasteiger charge is 2.19. The number of nitrogen functional groups attached to an aromatic ring is 1. The number of halogens is 2. The molecule has 0 aromatic heterocycles. The number of unbranched alkanes of at least 4 members (excludes halogenated alkanes) is 2. The molecule has 0 atom stereocenters. The third kappa shape index (κ3) is 5.44. The van der Waals surface area contributed by atoms with Crippen LogP contribution in [0.25, 0.3) is 0 Å². The fourth-order valence-corrected chi connectivity index (χ4v) is 4.47. The van der Waals surface area contributed by atoms with E-state index in [9.17, 15) is 8.42 Å². The summed E-state index contributed by atoms with van der Waals surface area (Å²) >= 11 is 10.8. The molecular weight excluding hydrogens is 384 g/mol. The van der Waals surface area contributed by atoms with Crippen LogP contribution >= 0.6 is 39.3 Å². The molecule has 0 bridgehead atoms. The molecule has 0 unspecified atom stereocenters. The summed E-state index contributed by atoms with van der Waals surface area (Å²) < 4.78 is 27.3. The molecule has 0 spiro atoms. The minimum atomic E-state index is -3.60. The Hall–Kier alpha value is 0.0500. The first-order chi connectivity index (χ1) is 9.38. The SMILES string of the molecule is CSCCCCCNS(=O)(=O)c1cc(Cl)cc(N)c1Br. The lowest BCUT2D eigenvalue weighted by Crippen LogP contribution is -2.25. The van der Waals surface area contributed by atoms with E-state index in [1.807, 2.05) is 0 Å². The van der Waals surface area contributed by atoms with Crippen molar-refractivity contribution in [1.29, 1.82) is 0 Å². The Morgan fingerprint density at radius 1 is 1.35 bits per heavy atom. The van der Waals surface area contributed by atoms with E-state index in [-0.39, 0.29) is 4.90 Å². The van der Waals surface area contributed by atoms with Gasteiger partial charge in [0.2, 0.25) is 10.0 Å². The topological polar surface area (TPSA) is 72.2 Å². The van der Waals surface area contributed by atoms with Gasteiger partial charge >= 0.3 is 0 Å². The van der Waals surface area contributed by atoms with Gasteiger partial charge in [0.25, 0.3) is 0 Å². The summed E-state index contributed by atoms with van der Waals surface area (Å²) in [4.78, 5) is 0.0756. The molecule has 3 N–H and O–H groups in total. The van der Waals surface area contributed by atoms with Gasteiger partial charge in [0.15, 0.2) is 0 Å². The zero-order valence-corrected chi connectivity index (χ0v) is 15.1. The normalized spacial score (nSPS) is 11.8. The van der Waals surface area contributed by atoms with E-state index in [1.54, 1.807) is 11.8 Å². The van der Waals surface area contributed by atoms with Crippen molar-refractivity contribution in [2.24, 2.45) is 0 Å². The van der Waals surface area contributed by atoms with Crippen LogP contribution in [-0.2, 0) is 10.0 Å². The highest BCUT2D eigenvalue weighted by Crippen LogP contribution is 2.31. The van der Waals surface area contributed by atoms with Crippen LogP contribution in [0.5, 0.6) is 0 Å². The Balaban J connectivity index is 2.65. The first-order valence-electron chi connectivity index (χ1n) is 6.11. The number of thioether (sulfide) groups is 1. The average molecular weight is 402 g/mol. The highest BCUT2D eigenvalue weighted by molar-refractivity contribution is 9.10. The van der Waals surface area contributed by atoms with Crippen molar-refractivity contribution in [3.05, 3.63) is 21.6 Å². The van der Waals surface area contributed by atoms with Crippen molar-refractivity contribution in [2.45, 2.75) is 24.2 Å². The van der Waals surface area contributed by atoms with E-state index >= 15 is 0 Å². The lowest BCUT2D eigenvalue weighted by Gasteiger charge is -2.10. The first-order valence-corrected chi connectivity index (χ1v) is 10.2. The lowest BCUT2D eigenvalue weighted by atomic mass is 10.2. The zero-order valence-electron chi connectivity index (χ0n) is 11.2. The van der Waals surface area contributed by atoms with Gasteiger partial charge < -0.3 is 5.73 Å². The molecule has 1 rings (SSSR count). The molecule has 0 aliphatic heterocycles. The van der Waals surface area contributed by atoms with Crippen LogP contribution in [0.15, 0.2) is 21.5 Å². The molecule has 0 radical (unpaired) electrons. The third-order valence-corrected chi connectivity index (χ3v) is 6.19. The number of benzene rings is 1. The van der Waals surface area contributed by atoms with Crippen molar-refractivity contribution in [3.63, 3.8) is 0 Å². The summed E-state index contributed by atoms with van der Waals surface area (Å²) in [5.41, 5.74) is 6.01. The van der Waals surface area contributed by atoms with Crippen LogP contribution in [0.2, 0.25) is 5.02 Å². The van der Waals surface area contributed by atoms with E-state index < -0.39 is 10.0 Å². The molecule has 0 fully saturated rings. The minimum absolute atomic E-state index is 0.0756. The molecule has 0 saturated carbocycles. The van der Waals surface area contributed by atoms with Gasteiger partial charge in [-0.2, -0.15) is 11.8 Å². The van der Waals surface area contributed by atoms with Gasteiger partial charge in [0.05, 0.1) is 9.37 Å². The third-order valence-electron chi connectivity index (χ3n) is 2.64. The van der Waals surface area contributed by atoms with Crippen LogP contribution in [-0.4, -0.2) is 27.0 Å². The van der Waals surface area contributed by atoms with Crippen LogP contribution in [0.4, 0.5) is 5.69 Å². The number of sulfonamides is 1. The van der Waals surface area contributed by atoms with Crippen molar-refractivity contribution < 1.29 is 8.42 Å². The largest absolute Gasteiger partial charge is 0.398 e. The van der Waals surface area contributed by atoms with Crippen LogP contribution < -0.4 is 10.5 Å². The molecule has 0 aliphatic rings. The number of nitrogens with one attached hydrogen (secondary N) is 1. The molecule has 4 nitrogen and oxygen atoms in total.